The Morgan fingerprint density at radius 3 is 2.92 bits per heavy atom. The molecule has 0 saturated heterocycles. The molecule has 1 N–H and O–H groups in total. The van der Waals surface area contributed by atoms with Crippen LogP contribution in [0, 0.1) is 23.7 Å². The molecule has 0 radical (unpaired) electrons. The minimum atomic E-state index is 0.159. The predicted octanol–water partition coefficient (Wildman–Crippen LogP) is 2.29. The van der Waals surface area contributed by atoms with E-state index in [4.69, 9.17) is 15.4 Å². The molecule has 3 nitrogen and oxygen atoms in total. The molecule has 0 aliphatic heterocycles. The largest absolute Gasteiger partial charge is 0.477 e. The second-order valence-electron chi connectivity index (χ2n) is 2.50. The fraction of sp³-hybridized carbons (Fsp3) is 0.333. The van der Waals surface area contributed by atoms with Crippen LogP contribution in [0.5, 0.6) is 0 Å². The van der Waals surface area contributed by atoms with Crippen molar-refractivity contribution in [1.29, 1.82) is 10.7 Å². The van der Waals surface area contributed by atoms with E-state index in [0.29, 0.717) is 11.5 Å². The van der Waals surface area contributed by atoms with Gasteiger partial charge in [0.15, 0.2) is 0 Å². The Morgan fingerprint density at radius 1 is 1.77 bits per heavy atom. The van der Waals surface area contributed by atoms with Gasteiger partial charge in [0.1, 0.15) is 10.9 Å². The highest BCUT2D eigenvalue weighted by Crippen LogP contribution is 2.21. The fourth-order valence-electron chi connectivity index (χ4n) is 0.973. The van der Waals surface area contributed by atoms with E-state index in [0.717, 1.165) is 10.4 Å². The normalized spacial score (nSPS) is 9.31. The number of nitrogens with one attached hydrogen (secondary N) is 1. The number of thiophene rings is 1. The van der Waals surface area contributed by atoms with Crippen LogP contribution in [0.2, 0.25) is 0 Å². The molecular formula is C9H10N2OS. The summed E-state index contributed by atoms with van der Waals surface area (Å²) in [5.74, 6) is 0.159. The summed E-state index contributed by atoms with van der Waals surface area (Å²) in [6.07, 6.45) is 0. The smallest absolute Gasteiger partial charge is 0.223 e. The second kappa shape index (κ2) is 4.06. The van der Waals surface area contributed by atoms with Crippen LogP contribution >= 0.6 is 11.3 Å². The lowest BCUT2D eigenvalue weighted by molar-refractivity contribution is 0.326. The summed E-state index contributed by atoms with van der Waals surface area (Å²) in [5, 5.41) is 16.2. The molecule has 0 amide bonds. The third-order valence-corrected chi connectivity index (χ3v) is 2.66. The van der Waals surface area contributed by atoms with Crippen LogP contribution in [0.3, 0.4) is 0 Å². The van der Waals surface area contributed by atoms with Gasteiger partial charge >= 0.3 is 0 Å². The van der Waals surface area contributed by atoms with Gasteiger partial charge in [0, 0.05) is 0 Å². The lowest BCUT2D eigenvalue weighted by Crippen LogP contribution is -2.03. The van der Waals surface area contributed by atoms with Gasteiger partial charge in [0.05, 0.1) is 11.5 Å². The van der Waals surface area contributed by atoms with Crippen LogP contribution < -0.4 is 0 Å². The predicted molar refractivity (Wildman–Crippen MR) is 52.2 cm³/mol. The molecule has 4 heteroatoms. The van der Waals surface area contributed by atoms with E-state index < -0.39 is 0 Å². The molecule has 0 spiro atoms. The molecule has 13 heavy (non-hydrogen) atoms. The Balaban J connectivity index is 2.95. The second-order valence-corrected chi connectivity index (χ2v) is 3.55. The average molecular weight is 194 g/mol. The highest BCUT2D eigenvalue weighted by Gasteiger charge is 2.10. The molecule has 1 rings (SSSR count). The van der Waals surface area contributed by atoms with E-state index in [-0.39, 0.29) is 5.90 Å². The van der Waals surface area contributed by atoms with E-state index in [1.54, 1.807) is 6.07 Å². The van der Waals surface area contributed by atoms with Gasteiger partial charge in [-0.05, 0) is 25.5 Å². The topological polar surface area (TPSA) is 56.9 Å². The lowest BCUT2D eigenvalue weighted by Gasteiger charge is -2.02. The van der Waals surface area contributed by atoms with Crippen molar-refractivity contribution in [2.45, 2.75) is 13.8 Å². The van der Waals surface area contributed by atoms with E-state index >= 15 is 0 Å². The lowest BCUT2D eigenvalue weighted by atomic mass is 10.3. The Labute approximate surface area is 81.1 Å². The fourth-order valence-corrected chi connectivity index (χ4v) is 1.85. The maximum Gasteiger partial charge on any atom is 0.223 e. The van der Waals surface area contributed by atoms with Gasteiger partial charge in [-0.1, -0.05) is 0 Å². The summed E-state index contributed by atoms with van der Waals surface area (Å²) in [6, 6.07) is 3.82. The maximum absolute atomic E-state index is 8.64. The van der Waals surface area contributed by atoms with Crippen molar-refractivity contribution in [3.8, 4) is 6.07 Å². The average Bonchev–Trinajstić information content (AvgIpc) is 2.47. The zero-order chi connectivity index (χ0) is 9.84. The Kier molecular flexibility index (Phi) is 3.04. The van der Waals surface area contributed by atoms with Crippen molar-refractivity contribution in [3.63, 3.8) is 0 Å². The summed E-state index contributed by atoms with van der Waals surface area (Å²) in [6.45, 7) is 4.20. The first-order valence-electron chi connectivity index (χ1n) is 3.91. The number of rotatable bonds is 2. The minimum absolute atomic E-state index is 0.159. The van der Waals surface area contributed by atoms with Gasteiger partial charge in [-0.2, -0.15) is 5.26 Å². The third-order valence-electron chi connectivity index (χ3n) is 1.52. The minimum Gasteiger partial charge on any atom is -0.477 e. The van der Waals surface area contributed by atoms with E-state index in [9.17, 15) is 0 Å². The van der Waals surface area contributed by atoms with Crippen molar-refractivity contribution >= 4 is 17.2 Å². The first kappa shape index (κ1) is 9.75. The van der Waals surface area contributed by atoms with Gasteiger partial charge in [0.25, 0.3) is 0 Å². The standard InChI is InChI=1S/C9H10N2OS/c1-3-12-9(11)8-6(2)4-7(5-10)13-8/h4,11H,3H2,1-2H3. The summed E-state index contributed by atoms with van der Waals surface area (Å²) in [7, 11) is 0. The molecule has 0 aromatic carbocycles. The molecule has 68 valence electrons. The molecule has 0 bridgehead atoms. The molecule has 1 aromatic heterocycles. The number of nitriles is 1. The number of hydrogen-bond donors (Lipinski definition) is 1. The van der Waals surface area contributed by atoms with Crippen LogP contribution in [-0.4, -0.2) is 12.5 Å². The molecular weight excluding hydrogens is 184 g/mol. The molecule has 1 aromatic rings. The molecule has 0 aliphatic rings. The van der Waals surface area contributed by atoms with Crippen molar-refractivity contribution in [3.05, 3.63) is 21.4 Å². The third kappa shape index (κ3) is 2.07. The molecule has 0 aliphatic carbocycles. The zero-order valence-electron chi connectivity index (χ0n) is 7.55. The van der Waals surface area contributed by atoms with Gasteiger partial charge < -0.3 is 4.74 Å². The van der Waals surface area contributed by atoms with Gasteiger partial charge in [-0.25, -0.2) is 0 Å². The monoisotopic (exact) mass is 194 g/mol. The Bertz CT molecular complexity index is 362. The van der Waals surface area contributed by atoms with Crippen molar-refractivity contribution in [2.75, 3.05) is 6.61 Å². The number of ether oxygens (including phenoxy) is 1. The molecule has 0 atom stereocenters. The van der Waals surface area contributed by atoms with Gasteiger partial charge in [-0.15, -0.1) is 11.3 Å². The van der Waals surface area contributed by atoms with Crippen LogP contribution in [0.25, 0.3) is 0 Å². The molecule has 0 fully saturated rings. The van der Waals surface area contributed by atoms with Crippen LogP contribution in [0.4, 0.5) is 0 Å². The summed E-state index contributed by atoms with van der Waals surface area (Å²) >= 11 is 1.30. The van der Waals surface area contributed by atoms with Crippen molar-refractivity contribution in [1.82, 2.24) is 0 Å². The highest BCUT2D eigenvalue weighted by molar-refractivity contribution is 7.14. The zero-order valence-corrected chi connectivity index (χ0v) is 8.36. The molecule has 0 saturated carbocycles. The first-order valence-corrected chi connectivity index (χ1v) is 4.73. The van der Waals surface area contributed by atoms with E-state index in [1.807, 2.05) is 13.8 Å². The number of nitrogens with zero attached hydrogens (tertiary/aromatic N) is 1. The summed E-state index contributed by atoms with van der Waals surface area (Å²) in [4.78, 5) is 1.37. The highest BCUT2D eigenvalue weighted by atomic mass is 32.1. The molecule has 1 heterocycles. The summed E-state index contributed by atoms with van der Waals surface area (Å²) in [5.41, 5.74) is 0.931. The van der Waals surface area contributed by atoms with Crippen LogP contribution in [0.1, 0.15) is 22.2 Å². The maximum atomic E-state index is 8.64. The summed E-state index contributed by atoms with van der Waals surface area (Å²) < 4.78 is 5.05. The number of aryl methyl sites for hydroxylation is 1. The Hall–Kier alpha value is -1.34. The van der Waals surface area contributed by atoms with Crippen molar-refractivity contribution in [2.24, 2.45) is 0 Å². The van der Waals surface area contributed by atoms with Crippen LogP contribution in [0.15, 0.2) is 6.07 Å². The van der Waals surface area contributed by atoms with E-state index in [1.165, 1.54) is 11.3 Å². The Morgan fingerprint density at radius 2 is 2.46 bits per heavy atom. The quantitative estimate of drug-likeness (QED) is 0.580. The van der Waals surface area contributed by atoms with E-state index in [2.05, 4.69) is 6.07 Å². The van der Waals surface area contributed by atoms with Gasteiger partial charge in [-0.3, -0.25) is 5.41 Å². The van der Waals surface area contributed by atoms with Crippen LogP contribution in [-0.2, 0) is 4.74 Å². The number of hydrogen-bond acceptors (Lipinski definition) is 4. The molecule has 0 unspecified atom stereocenters. The first-order chi connectivity index (χ1) is 6.19. The SMILES string of the molecule is CCOC(=N)c1sc(C#N)cc1C. The van der Waals surface area contributed by atoms with Crippen molar-refractivity contribution < 1.29 is 4.74 Å². The van der Waals surface area contributed by atoms with Gasteiger partial charge in [0.2, 0.25) is 5.90 Å².